The lowest BCUT2D eigenvalue weighted by Crippen LogP contribution is -2.14. The molecular formula is C14H14N2O4S. The summed E-state index contributed by atoms with van der Waals surface area (Å²) in [7, 11) is -2.24. The number of hydrogen-bond donors (Lipinski definition) is 2. The van der Waals surface area contributed by atoms with Gasteiger partial charge in [0.15, 0.2) is 0 Å². The number of rotatable bonds is 5. The fraction of sp³-hybridized carbons (Fsp3) is 0.0714. The lowest BCUT2D eigenvalue weighted by Gasteiger charge is -2.09. The van der Waals surface area contributed by atoms with Crippen LogP contribution in [0.1, 0.15) is 10.4 Å². The molecule has 0 spiro atoms. The Morgan fingerprint density at radius 2 is 1.81 bits per heavy atom. The van der Waals surface area contributed by atoms with Gasteiger partial charge in [-0.15, -0.1) is 0 Å². The Morgan fingerprint density at radius 3 is 2.38 bits per heavy atom. The van der Waals surface area contributed by atoms with Crippen molar-refractivity contribution in [3.63, 3.8) is 0 Å². The van der Waals surface area contributed by atoms with Gasteiger partial charge in [-0.3, -0.25) is 9.52 Å². The molecule has 0 aliphatic carbocycles. The molecule has 0 radical (unpaired) electrons. The number of sulfonamides is 1. The topological polar surface area (TPSA) is 98.5 Å². The molecule has 0 bridgehead atoms. The highest BCUT2D eigenvalue weighted by atomic mass is 32.2. The van der Waals surface area contributed by atoms with Gasteiger partial charge in [-0.1, -0.05) is 6.07 Å². The summed E-state index contributed by atoms with van der Waals surface area (Å²) in [6.07, 6.45) is 0. The molecule has 0 saturated heterocycles. The van der Waals surface area contributed by atoms with Gasteiger partial charge in [-0.25, -0.2) is 8.42 Å². The molecule has 3 N–H and O–H groups in total. The Balaban J connectivity index is 2.27. The van der Waals surface area contributed by atoms with E-state index in [1.165, 1.54) is 31.4 Å². The number of ether oxygens (including phenoxy) is 1. The number of carbonyl (C=O) groups excluding carboxylic acids is 1. The molecule has 1 amide bonds. The largest absolute Gasteiger partial charge is 0.497 e. The van der Waals surface area contributed by atoms with E-state index in [1.807, 2.05) is 0 Å². The maximum Gasteiger partial charge on any atom is 0.261 e. The molecule has 21 heavy (non-hydrogen) atoms. The number of hydrogen-bond acceptors (Lipinski definition) is 4. The number of benzene rings is 2. The fourth-order valence-electron chi connectivity index (χ4n) is 1.70. The summed E-state index contributed by atoms with van der Waals surface area (Å²) in [6, 6.07) is 11.9. The lowest BCUT2D eigenvalue weighted by molar-refractivity contribution is 0.1000. The summed E-state index contributed by atoms with van der Waals surface area (Å²) in [5, 5.41) is 0. The lowest BCUT2D eigenvalue weighted by atomic mass is 10.2. The van der Waals surface area contributed by atoms with Gasteiger partial charge in [0.1, 0.15) is 5.75 Å². The van der Waals surface area contributed by atoms with E-state index in [0.29, 0.717) is 11.4 Å². The molecule has 0 aliphatic heterocycles. The average molecular weight is 306 g/mol. The normalized spacial score (nSPS) is 10.9. The second-order valence-electron chi connectivity index (χ2n) is 4.23. The minimum Gasteiger partial charge on any atom is -0.497 e. The van der Waals surface area contributed by atoms with E-state index in [1.54, 1.807) is 24.3 Å². The van der Waals surface area contributed by atoms with Gasteiger partial charge in [0.05, 0.1) is 17.7 Å². The number of primary amides is 1. The van der Waals surface area contributed by atoms with Crippen LogP contribution in [-0.4, -0.2) is 21.4 Å². The van der Waals surface area contributed by atoms with Crippen molar-refractivity contribution in [1.29, 1.82) is 0 Å². The zero-order chi connectivity index (χ0) is 15.5. The van der Waals surface area contributed by atoms with Crippen LogP contribution in [0.5, 0.6) is 5.75 Å². The second kappa shape index (κ2) is 5.84. The first-order chi connectivity index (χ1) is 9.92. The van der Waals surface area contributed by atoms with Crippen LogP contribution in [0.4, 0.5) is 5.69 Å². The standard InChI is InChI=1S/C14H14N2O4S/c1-20-12-4-2-3-11(9-12)16-21(18,19)13-7-5-10(6-8-13)14(15)17/h2-9,16H,1H3,(H2,15,17). The molecular weight excluding hydrogens is 292 g/mol. The molecule has 0 aromatic heterocycles. The van der Waals surface area contributed by atoms with E-state index in [4.69, 9.17) is 10.5 Å². The van der Waals surface area contributed by atoms with E-state index in [2.05, 4.69) is 4.72 Å². The van der Waals surface area contributed by atoms with Crippen LogP contribution < -0.4 is 15.2 Å². The molecule has 0 heterocycles. The SMILES string of the molecule is COc1cccc(NS(=O)(=O)c2ccc(C(N)=O)cc2)c1. The number of nitrogens with two attached hydrogens (primary N) is 1. The van der Waals surface area contributed by atoms with Crippen molar-refractivity contribution in [3.05, 3.63) is 54.1 Å². The molecule has 2 aromatic carbocycles. The molecule has 0 fully saturated rings. The summed E-state index contributed by atoms with van der Waals surface area (Å²) in [5.74, 6) is -0.0704. The van der Waals surface area contributed by atoms with Crippen LogP contribution in [0, 0.1) is 0 Å². The fourth-order valence-corrected chi connectivity index (χ4v) is 2.75. The number of methoxy groups -OCH3 is 1. The number of amides is 1. The molecule has 6 nitrogen and oxygen atoms in total. The van der Waals surface area contributed by atoms with Crippen LogP contribution in [0.25, 0.3) is 0 Å². The maximum absolute atomic E-state index is 12.2. The zero-order valence-electron chi connectivity index (χ0n) is 11.2. The zero-order valence-corrected chi connectivity index (χ0v) is 12.1. The van der Waals surface area contributed by atoms with Gasteiger partial charge in [0, 0.05) is 11.6 Å². The van der Waals surface area contributed by atoms with Gasteiger partial charge >= 0.3 is 0 Å². The first-order valence-corrected chi connectivity index (χ1v) is 7.47. The van der Waals surface area contributed by atoms with E-state index >= 15 is 0 Å². The Morgan fingerprint density at radius 1 is 1.14 bits per heavy atom. The summed E-state index contributed by atoms with van der Waals surface area (Å²) < 4.78 is 31.9. The van der Waals surface area contributed by atoms with Crippen LogP contribution in [0.2, 0.25) is 0 Å². The van der Waals surface area contributed by atoms with Crippen LogP contribution in [-0.2, 0) is 10.0 Å². The molecule has 0 saturated carbocycles. The third-order valence-electron chi connectivity index (χ3n) is 2.77. The Labute approximate surface area is 122 Å². The number of carbonyl (C=O) groups is 1. The van der Waals surface area contributed by atoms with Gasteiger partial charge in [0.25, 0.3) is 10.0 Å². The third-order valence-corrected chi connectivity index (χ3v) is 4.17. The van der Waals surface area contributed by atoms with Gasteiger partial charge in [0.2, 0.25) is 5.91 Å². The molecule has 2 aromatic rings. The molecule has 0 aliphatic rings. The molecule has 110 valence electrons. The minimum atomic E-state index is -3.74. The van der Waals surface area contributed by atoms with Gasteiger partial charge in [-0.2, -0.15) is 0 Å². The van der Waals surface area contributed by atoms with E-state index in [0.717, 1.165) is 0 Å². The average Bonchev–Trinajstić information content (AvgIpc) is 2.47. The first-order valence-electron chi connectivity index (χ1n) is 5.99. The van der Waals surface area contributed by atoms with Crippen molar-refractivity contribution in [1.82, 2.24) is 0 Å². The van der Waals surface area contributed by atoms with Crippen molar-refractivity contribution in [2.45, 2.75) is 4.90 Å². The van der Waals surface area contributed by atoms with E-state index < -0.39 is 15.9 Å². The predicted molar refractivity (Wildman–Crippen MR) is 78.8 cm³/mol. The smallest absolute Gasteiger partial charge is 0.261 e. The molecule has 0 unspecified atom stereocenters. The van der Waals surface area contributed by atoms with Crippen molar-refractivity contribution >= 4 is 21.6 Å². The number of nitrogens with one attached hydrogen (secondary N) is 1. The van der Waals surface area contributed by atoms with E-state index in [-0.39, 0.29) is 10.5 Å². The van der Waals surface area contributed by atoms with Crippen molar-refractivity contribution in [2.75, 3.05) is 11.8 Å². The van der Waals surface area contributed by atoms with Crippen molar-refractivity contribution in [2.24, 2.45) is 5.73 Å². The van der Waals surface area contributed by atoms with Crippen LogP contribution in [0.3, 0.4) is 0 Å². The van der Waals surface area contributed by atoms with E-state index in [9.17, 15) is 13.2 Å². The Hall–Kier alpha value is -2.54. The molecule has 7 heteroatoms. The summed E-state index contributed by atoms with van der Waals surface area (Å²) in [6.45, 7) is 0. The highest BCUT2D eigenvalue weighted by Gasteiger charge is 2.15. The summed E-state index contributed by atoms with van der Waals surface area (Å²) in [4.78, 5) is 11.0. The Kier molecular flexibility index (Phi) is 4.13. The maximum atomic E-state index is 12.2. The highest BCUT2D eigenvalue weighted by Crippen LogP contribution is 2.20. The predicted octanol–water partition coefficient (Wildman–Crippen LogP) is 1.59. The van der Waals surface area contributed by atoms with Crippen LogP contribution >= 0.6 is 0 Å². The minimum absolute atomic E-state index is 0.0373. The van der Waals surface area contributed by atoms with Crippen molar-refractivity contribution < 1.29 is 17.9 Å². The van der Waals surface area contributed by atoms with Gasteiger partial charge in [-0.05, 0) is 36.4 Å². The monoisotopic (exact) mass is 306 g/mol. The number of anilines is 1. The van der Waals surface area contributed by atoms with Crippen molar-refractivity contribution in [3.8, 4) is 5.75 Å². The first kappa shape index (κ1) is 14.9. The highest BCUT2D eigenvalue weighted by molar-refractivity contribution is 7.92. The second-order valence-corrected chi connectivity index (χ2v) is 5.91. The summed E-state index contributed by atoms with van der Waals surface area (Å²) >= 11 is 0. The molecule has 0 atom stereocenters. The summed E-state index contributed by atoms with van der Waals surface area (Å²) in [5.41, 5.74) is 5.74. The Bertz CT molecular complexity index is 755. The quantitative estimate of drug-likeness (QED) is 0.876. The van der Waals surface area contributed by atoms with Crippen LogP contribution in [0.15, 0.2) is 53.4 Å². The third kappa shape index (κ3) is 3.51. The van der Waals surface area contributed by atoms with Gasteiger partial charge < -0.3 is 10.5 Å². The molecule has 2 rings (SSSR count).